The van der Waals surface area contributed by atoms with E-state index in [2.05, 4.69) is 32.5 Å². The van der Waals surface area contributed by atoms with Gasteiger partial charge in [0, 0.05) is 30.8 Å². The molecule has 3 aromatic rings. The Morgan fingerprint density at radius 1 is 1.30 bits per heavy atom. The van der Waals surface area contributed by atoms with E-state index in [9.17, 15) is 9.18 Å². The summed E-state index contributed by atoms with van der Waals surface area (Å²) in [6.45, 7) is 3.33. The van der Waals surface area contributed by atoms with Crippen LogP contribution in [0, 0.1) is 12.7 Å². The predicted octanol–water partition coefficient (Wildman–Crippen LogP) is 3.98. The second kappa shape index (κ2) is 7.52. The first-order chi connectivity index (χ1) is 13.1. The van der Waals surface area contributed by atoms with Crippen molar-refractivity contribution in [1.82, 2.24) is 15.5 Å². The number of piperidine rings is 1. The fraction of sp³-hybridized carbons (Fsp3) is 0.300. The summed E-state index contributed by atoms with van der Waals surface area (Å²) in [6.07, 6.45) is 1.67. The molecule has 27 heavy (non-hydrogen) atoms. The third kappa shape index (κ3) is 3.88. The largest absolute Gasteiger partial charge is 0.355 e. The van der Waals surface area contributed by atoms with Crippen LogP contribution in [0.25, 0.3) is 10.6 Å². The Morgan fingerprint density at radius 2 is 2.11 bits per heavy atom. The Kier molecular flexibility index (Phi) is 4.94. The van der Waals surface area contributed by atoms with Crippen LogP contribution in [0.4, 0.5) is 10.2 Å². The van der Waals surface area contributed by atoms with Crippen molar-refractivity contribution < 1.29 is 9.18 Å². The van der Waals surface area contributed by atoms with Crippen LogP contribution in [0.15, 0.2) is 41.8 Å². The normalized spacial score (nSPS) is 15.1. The number of nitrogens with zero attached hydrogens (tertiary/aromatic N) is 2. The molecular formula is C20H21FN4OS. The first-order valence-corrected chi connectivity index (χ1v) is 9.89. The average Bonchev–Trinajstić information content (AvgIpc) is 3.36. The molecule has 1 saturated heterocycles. The average molecular weight is 384 g/mol. The van der Waals surface area contributed by atoms with Gasteiger partial charge >= 0.3 is 0 Å². The van der Waals surface area contributed by atoms with Gasteiger partial charge in [0.15, 0.2) is 5.82 Å². The van der Waals surface area contributed by atoms with Gasteiger partial charge in [-0.2, -0.15) is 5.10 Å². The molecule has 4 rings (SSSR count). The Labute approximate surface area is 161 Å². The molecule has 2 N–H and O–H groups in total. The van der Waals surface area contributed by atoms with Crippen molar-refractivity contribution in [3.05, 3.63) is 58.7 Å². The van der Waals surface area contributed by atoms with Crippen molar-refractivity contribution in [3.63, 3.8) is 0 Å². The van der Waals surface area contributed by atoms with Gasteiger partial charge in [0.25, 0.3) is 5.91 Å². The number of nitrogens with one attached hydrogen (secondary N) is 2. The van der Waals surface area contributed by atoms with Crippen molar-refractivity contribution >= 4 is 23.1 Å². The monoisotopic (exact) mass is 384 g/mol. The summed E-state index contributed by atoms with van der Waals surface area (Å²) in [5.41, 5.74) is 1.94. The number of halogens is 1. The van der Waals surface area contributed by atoms with E-state index in [0.29, 0.717) is 11.1 Å². The molecule has 140 valence electrons. The number of aromatic nitrogens is 2. The summed E-state index contributed by atoms with van der Waals surface area (Å²) in [7, 11) is 0. The minimum Gasteiger partial charge on any atom is -0.355 e. The Hall–Kier alpha value is -2.67. The maximum Gasteiger partial charge on any atom is 0.251 e. The molecule has 2 aromatic heterocycles. The summed E-state index contributed by atoms with van der Waals surface area (Å²) < 4.78 is 13.7. The summed E-state index contributed by atoms with van der Waals surface area (Å²) in [4.78, 5) is 15.7. The van der Waals surface area contributed by atoms with Gasteiger partial charge in [-0.05, 0) is 48.9 Å². The van der Waals surface area contributed by atoms with Crippen molar-refractivity contribution in [1.29, 1.82) is 0 Å². The molecular weight excluding hydrogens is 363 g/mol. The molecule has 0 atom stereocenters. The highest BCUT2D eigenvalue weighted by molar-refractivity contribution is 7.13. The number of carbonyl (C=O) groups excluding carboxylic acids is 1. The first-order valence-electron chi connectivity index (χ1n) is 9.01. The van der Waals surface area contributed by atoms with Crippen LogP contribution in [0.2, 0.25) is 0 Å². The van der Waals surface area contributed by atoms with E-state index in [1.54, 1.807) is 30.4 Å². The molecule has 0 unspecified atom stereocenters. The molecule has 1 fully saturated rings. The first kappa shape index (κ1) is 17.7. The Bertz CT molecular complexity index is 929. The second-order valence-electron chi connectivity index (χ2n) is 6.82. The van der Waals surface area contributed by atoms with Crippen LogP contribution >= 0.6 is 11.3 Å². The third-order valence-electron chi connectivity index (χ3n) is 4.94. The second-order valence-corrected chi connectivity index (χ2v) is 7.76. The number of anilines is 1. The van der Waals surface area contributed by atoms with E-state index in [1.807, 2.05) is 11.4 Å². The van der Waals surface area contributed by atoms with Gasteiger partial charge in [0.05, 0.1) is 10.6 Å². The van der Waals surface area contributed by atoms with Crippen molar-refractivity contribution in [2.24, 2.45) is 0 Å². The molecule has 0 spiro atoms. The number of amides is 1. The van der Waals surface area contributed by atoms with Crippen LogP contribution in [0.5, 0.6) is 0 Å². The quantitative estimate of drug-likeness (QED) is 0.715. The molecule has 0 bridgehead atoms. The number of thiophene rings is 1. The molecule has 1 aliphatic heterocycles. The summed E-state index contributed by atoms with van der Waals surface area (Å²) in [5.74, 6) is 0.369. The molecule has 5 nitrogen and oxygen atoms in total. The van der Waals surface area contributed by atoms with Gasteiger partial charge in [0.1, 0.15) is 5.82 Å². The standard InChI is InChI=1S/C20H21FN4OS/c1-13-4-5-14(11-16(13)21)20(26)22-15-6-8-25(9-7-15)19-12-17(23-24-19)18-3-2-10-27-18/h2-5,10-12,15H,6-9H2,1H3,(H,22,26)(H,23,24). The topological polar surface area (TPSA) is 61.0 Å². The van der Waals surface area contributed by atoms with Crippen LogP contribution in [0.1, 0.15) is 28.8 Å². The van der Waals surface area contributed by atoms with Gasteiger partial charge in [0.2, 0.25) is 0 Å². The van der Waals surface area contributed by atoms with E-state index in [1.165, 1.54) is 10.9 Å². The number of benzene rings is 1. The smallest absolute Gasteiger partial charge is 0.251 e. The van der Waals surface area contributed by atoms with Crippen LogP contribution in [-0.4, -0.2) is 35.2 Å². The molecule has 3 heterocycles. The lowest BCUT2D eigenvalue weighted by Crippen LogP contribution is -2.44. The van der Waals surface area contributed by atoms with Gasteiger partial charge in [-0.15, -0.1) is 11.3 Å². The van der Waals surface area contributed by atoms with Gasteiger partial charge < -0.3 is 10.2 Å². The minimum absolute atomic E-state index is 0.0915. The molecule has 0 saturated carbocycles. The minimum atomic E-state index is -0.349. The van der Waals surface area contributed by atoms with Gasteiger partial charge in [-0.3, -0.25) is 9.89 Å². The lowest BCUT2D eigenvalue weighted by atomic mass is 10.0. The van der Waals surface area contributed by atoms with Crippen LogP contribution in [0.3, 0.4) is 0 Å². The summed E-state index contributed by atoms with van der Waals surface area (Å²) in [6, 6.07) is 10.9. The van der Waals surface area contributed by atoms with E-state index >= 15 is 0 Å². The number of aromatic amines is 1. The van der Waals surface area contributed by atoms with Crippen molar-refractivity contribution in [2.45, 2.75) is 25.8 Å². The van der Waals surface area contributed by atoms with Crippen molar-refractivity contribution in [2.75, 3.05) is 18.0 Å². The predicted molar refractivity (Wildman–Crippen MR) is 106 cm³/mol. The number of hydrogen-bond acceptors (Lipinski definition) is 4. The summed E-state index contributed by atoms with van der Waals surface area (Å²) >= 11 is 1.68. The third-order valence-corrected chi connectivity index (χ3v) is 5.84. The highest BCUT2D eigenvalue weighted by Gasteiger charge is 2.23. The fourth-order valence-corrected chi connectivity index (χ4v) is 3.98. The van der Waals surface area contributed by atoms with E-state index in [0.717, 1.165) is 37.4 Å². The number of rotatable bonds is 4. The lowest BCUT2D eigenvalue weighted by Gasteiger charge is -2.32. The number of carbonyl (C=O) groups is 1. The van der Waals surface area contributed by atoms with E-state index in [4.69, 9.17) is 0 Å². The van der Waals surface area contributed by atoms with Crippen LogP contribution in [-0.2, 0) is 0 Å². The van der Waals surface area contributed by atoms with E-state index in [-0.39, 0.29) is 17.8 Å². The maximum atomic E-state index is 13.7. The number of hydrogen-bond donors (Lipinski definition) is 2. The zero-order valence-corrected chi connectivity index (χ0v) is 15.9. The summed E-state index contributed by atoms with van der Waals surface area (Å²) in [5, 5.41) is 12.6. The molecule has 1 aromatic carbocycles. The number of aryl methyl sites for hydroxylation is 1. The maximum absolute atomic E-state index is 13.7. The molecule has 1 amide bonds. The number of H-pyrrole nitrogens is 1. The van der Waals surface area contributed by atoms with Gasteiger partial charge in [-0.1, -0.05) is 12.1 Å². The van der Waals surface area contributed by atoms with Crippen molar-refractivity contribution in [3.8, 4) is 10.6 Å². The lowest BCUT2D eigenvalue weighted by molar-refractivity contribution is 0.0930. The zero-order valence-electron chi connectivity index (χ0n) is 15.0. The SMILES string of the molecule is Cc1ccc(C(=O)NC2CCN(c3cc(-c4cccs4)[nH]n3)CC2)cc1F. The highest BCUT2D eigenvalue weighted by atomic mass is 32.1. The molecule has 0 radical (unpaired) electrons. The molecule has 1 aliphatic rings. The highest BCUT2D eigenvalue weighted by Crippen LogP contribution is 2.27. The molecule has 0 aliphatic carbocycles. The fourth-order valence-electron chi connectivity index (χ4n) is 3.29. The Balaban J connectivity index is 1.33. The zero-order chi connectivity index (χ0) is 18.8. The van der Waals surface area contributed by atoms with Gasteiger partial charge in [-0.25, -0.2) is 4.39 Å². The molecule has 7 heteroatoms. The van der Waals surface area contributed by atoms with Crippen LogP contribution < -0.4 is 10.2 Å². The van der Waals surface area contributed by atoms with E-state index < -0.39 is 0 Å². The Morgan fingerprint density at radius 3 is 2.81 bits per heavy atom.